The van der Waals surface area contributed by atoms with Gasteiger partial charge in [0.2, 0.25) is 0 Å². The Morgan fingerprint density at radius 3 is 2.43 bits per heavy atom. The van der Waals surface area contributed by atoms with Crippen molar-refractivity contribution in [2.24, 2.45) is 5.41 Å². The smallest absolute Gasteiger partial charge is 0.0162 e. The minimum atomic E-state index is 0.441. The molecule has 0 saturated heterocycles. The zero-order valence-electron chi connectivity index (χ0n) is 9.31. The van der Waals surface area contributed by atoms with Crippen LogP contribution in [0.4, 0.5) is 0 Å². The number of rotatable bonds is 4. The average molecular weight is 302 g/mol. The summed E-state index contributed by atoms with van der Waals surface area (Å²) in [4.78, 5) is 0. The van der Waals surface area contributed by atoms with E-state index in [9.17, 15) is 0 Å². The Labute approximate surface area is 101 Å². The summed E-state index contributed by atoms with van der Waals surface area (Å²) in [5.41, 5.74) is 1.93. The molecular formula is C13H19I. The van der Waals surface area contributed by atoms with Gasteiger partial charge >= 0.3 is 0 Å². The fourth-order valence-corrected chi connectivity index (χ4v) is 2.50. The highest BCUT2D eigenvalue weighted by molar-refractivity contribution is 14.1. The van der Waals surface area contributed by atoms with Crippen molar-refractivity contribution < 1.29 is 0 Å². The van der Waals surface area contributed by atoms with Gasteiger partial charge in [0.25, 0.3) is 0 Å². The van der Waals surface area contributed by atoms with Crippen molar-refractivity contribution >= 4 is 22.6 Å². The topological polar surface area (TPSA) is 0 Å². The number of benzene rings is 1. The predicted octanol–water partition coefficient (Wildman–Crippen LogP) is 4.66. The molecule has 0 aromatic heterocycles. The molecule has 0 nitrogen and oxygen atoms in total. The van der Waals surface area contributed by atoms with Gasteiger partial charge in [0.15, 0.2) is 0 Å². The second-order valence-corrected chi connectivity index (χ2v) is 5.84. The normalized spacial score (nSPS) is 11.7. The maximum absolute atomic E-state index is 2.43. The molecule has 0 fully saturated rings. The Hall–Kier alpha value is -0.0500. The predicted molar refractivity (Wildman–Crippen MR) is 71.6 cm³/mol. The first-order valence-corrected chi connectivity index (χ1v) is 6.36. The molecule has 1 rings (SSSR count). The molecule has 0 unspecified atom stereocenters. The SMILES string of the molecule is CCCC(C)(C)Cc1ccccc1I. The van der Waals surface area contributed by atoms with Gasteiger partial charge in [-0.15, -0.1) is 0 Å². The molecule has 0 amide bonds. The van der Waals surface area contributed by atoms with Crippen LogP contribution in [-0.2, 0) is 6.42 Å². The first-order valence-electron chi connectivity index (χ1n) is 5.28. The minimum absolute atomic E-state index is 0.441. The van der Waals surface area contributed by atoms with Gasteiger partial charge in [0.05, 0.1) is 0 Å². The van der Waals surface area contributed by atoms with Gasteiger partial charge in [0.1, 0.15) is 0 Å². The first kappa shape index (κ1) is 12.0. The highest BCUT2D eigenvalue weighted by Gasteiger charge is 2.18. The van der Waals surface area contributed by atoms with Gasteiger partial charge in [-0.05, 0) is 52.5 Å². The Morgan fingerprint density at radius 2 is 1.86 bits per heavy atom. The van der Waals surface area contributed by atoms with Crippen molar-refractivity contribution in [1.82, 2.24) is 0 Å². The van der Waals surface area contributed by atoms with Crippen LogP contribution in [0.3, 0.4) is 0 Å². The molecule has 14 heavy (non-hydrogen) atoms. The number of hydrogen-bond acceptors (Lipinski definition) is 0. The number of hydrogen-bond donors (Lipinski definition) is 0. The van der Waals surface area contributed by atoms with Crippen LogP contribution in [0.25, 0.3) is 0 Å². The van der Waals surface area contributed by atoms with Crippen LogP contribution in [0.1, 0.15) is 39.2 Å². The summed E-state index contributed by atoms with van der Waals surface area (Å²) in [5, 5.41) is 0. The standard InChI is InChI=1S/C13H19I/c1-4-9-13(2,3)10-11-7-5-6-8-12(11)14/h5-8H,4,9-10H2,1-3H3. The second-order valence-electron chi connectivity index (χ2n) is 4.68. The third-order valence-electron chi connectivity index (χ3n) is 2.55. The molecular weight excluding hydrogens is 283 g/mol. The Bertz CT molecular complexity index is 289. The van der Waals surface area contributed by atoms with Gasteiger partial charge in [-0.2, -0.15) is 0 Å². The largest absolute Gasteiger partial charge is 0.0654 e. The van der Waals surface area contributed by atoms with Crippen molar-refractivity contribution in [2.45, 2.75) is 40.0 Å². The van der Waals surface area contributed by atoms with Crippen LogP contribution in [0, 0.1) is 8.99 Å². The molecule has 0 atom stereocenters. The van der Waals surface area contributed by atoms with E-state index in [1.54, 1.807) is 0 Å². The summed E-state index contributed by atoms with van der Waals surface area (Å²) in [5.74, 6) is 0. The molecule has 0 spiro atoms. The van der Waals surface area contributed by atoms with E-state index in [-0.39, 0.29) is 0 Å². The Balaban J connectivity index is 2.73. The fraction of sp³-hybridized carbons (Fsp3) is 0.538. The first-order chi connectivity index (χ1) is 6.55. The highest BCUT2D eigenvalue weighted by atomic mass is 127. The molecule has 0 aliphatic heterocycles. The molecule has 0 N–H and O–H groups in total. The summed E-state index contributed by atoms with van der Waals surface area (Å²) < 4.78 is 1.40. The summed E-state index contributed by atoms with van der Waals surface area (Å²) in [6.07, 6.45) is 3.77. The van der Waals surface area contributed by atoms with Gasteiger partial charge < -0.3 is 0 Å². The Morgan fingerprint density at radius 1 is 1.21 bits per heavy atom. The average Bonchev–Trinajstić information content (AvgIpc) is 2.08. The molecule has 78 valence electrons. The van der Waals surface area contributed by atoms with Crippen LogP contribution in [0.2, 0.25) is 0 Å². The maximum atomic E-state index is 2.43. The van der Waals surface area contributed by atoms with E-state index in [0.717, 1.165) is 0 Å². The summed E-state index contributed by atoms with van der Waals surface area (Å²) in [6, 6.07) is 8.69. The van der Waals surface area contributed by atoms with Crippen molar-refractivity contribution in [1.29, 1.82) is 0 Å². The van der Waals surface area contributed by atoms with E-state index in [1.165, 1.54) is 28.4 Å². The summed E-state index contributed by atoms with van der Waals surface area (Å²) in [7, 11) is 0. The lowest BCUT2D eigenvalue weighted by Gasteiger charge is -2.24. The molecule has 1 heteroatoms. The van der Waals surface area contributed by atoms with Crippen LogP contribution in [-0.4, -0.2) is 0 Å². The van der Waals surface area contributed by atoms with Crippen LogP contribution in [0.15, 0.2) is 24.3 Å². The zero-order chi connectivity index (χ0) is 10.6. The lowest BCUT2D eigenvalue weighted by Crippen LogP contribution is -2.15. The zero-order valence-corrected chi connectivity index (χ0v) is 11.5. The molecule has 1 aromatic rings. The van der Waals surface area contributed by atoms with Gasteiger partial charge in [-0.3, -0.25) is 0 Å². The van der Waals surface area contributed by atoms with E-state index in [0.29, 0.717) is 5.41 Å². The van der Waals surface area contributed by atoms with Crippen molar-refractivity contribution in [3.8, 4) is 0 Å². The van der Waals surface area contributed by atoms with Crippen molar-refractivity contribution in [3.05, 3.63) is 33.4 Å². The van der Waals surface area contributed by atoms with Crippen molar-refractivity contribution in [2.75, 3.05) is 0 Å². The third kappa shape index (κ3) is 3.60. The molecule has 0 saturated carbocycles. The van der Waals surface area contributed by atoms with Crippen molar-refractivity contribution in [3.63, 3.8) is 0 Å². The summed E-state index contributed by atoms with van der Waals surface area (Å²) in [6.45, 7) is 6.98. The molecule has 0 bridgehead atoms. The third-order valence-corrected chi connectivity index (χ3v) is 3.61. The molecule has 0 aliphatic carbocycles. The molecule has 0 radical (unpaired) electrons. The Kier molecular flexibility index (Phi) is 4.42. The maximum Gasteiger partial charge on any atom is 0.0162 e. The minimum Gasteiger partial charge on any atom is -0.0654 e. The quantitative estimate of drug-likeness (QED) is 0.710. The highest BCUT2D eigenvalue weighted by Crippen LogP contribution is 2.28. The molecule has 1 aromatic carbocycles. The van der Waals surface area contributed by atoms with Gasteiger partial charge in [-0.1, -0.05) is 45.4 Å². The lowest BCUT2D eigenvalue weighted by molar-refractivity contribution is 0.328. The fourth-order valence-electron chi connectivity index (χ4n) is 1.92. The van der Waals surface area contributed by atoms with E-state index in [4.69, 9.17) is 0 Å². The monoisotopic (exact) mass is 302 g/mol. The van der Waals surface area contributed by atoms with Gasteiger partial charge in [0, 0.05) is 3.57 Å². The van der Waals surface area contributed by atoms with Crippen LogP contribution in [0.5, 0.6) is 0 Å². The van der Waals surface area contributed by atoms with E-state index < -0.39 is 0 Å². The van der Waals surface area contributed by atoms with E-state index in [1.807, 2.05) is 0 Å². The lowest BCUT2D eigenvalue weighted by atomic mass is 9.82. The summed E-state index contributed by atoms with van der Waals surface area (Å²) >= 11 is 2.43. The molecule has 0 aliphatic rings. The van der Waals surface area contributed by atoms with Crippen LogP contribution < -0.4 is 0 Å². The van der Waals surface area contributed by atoms with E-state index in [2.05, 4.69) is 67.6 Å². The van der Waals surface area contributed by atoms with E-state index >= 15 is 0 Å². The second kappa shape index (κ2) is 5.15. The molecule has 0 heterocycles. The number of halogens is 1. The van der Waals surface area contributed by atoms with Gasteiger partial charge in [-0.25, -0.2) is 0 Å². The van der Waals surface area contributed by atoms with Crippen LogP contribution >= 0.6 is 22.6 Å².